The first-order valence-electron chi connectivity index (χ1n) is 3.48. The van der Waals surface area contributed by atoms with Gasteiger partial charge in [-0.2, -0.15) is 0 Å². The Bertz CT molecular complexity index is 148. The van der Waals surface area contributed by atoms with Crippen molar-refractivity contribution < 1.29 is 4.74 Å². The Kier molecular flexibility index (Phi) is 11.0. The third kappa shape index (κ3) is 7.20. The van der Waals surface area contributed by atoms with E-state index in [4.69, 9.17) is 16.3 Å². The van der Waals surface area contributed by atoms with Gasteiger partial charge in [0, 0.05) is 0 Å². The molecule has 0 saturated carbocycles. The van der Waals surface area contributed by atoms with E-state index >= 15 is 0 Å². The second-order valence-corrected chi connectivity index (χ2v) is 1.80. The molecule has 0 aromatic carbocycles. The topological polar surface area (TPSA) is 9.23 Å². The van der Waals surface area contributed by atoms with E-state index in [0.717, 1.165) is 0 Å². The van der Waals surface area contributed by atoms with Crippen LogP contribution in [-0.4, -0.2) is 0 Å². The molecule has 0 bridgehead atoms. The Hall–Kier alpha value is -0.690. The number of ether oxygens (including phenoxy) is 1. The average molecular weight is 175 g/mol. The van der Waals surface area contributed by atoms with Crippen molar-refractivity contribution in [2.45, 2.75) is 20.8 Å². The molecule has 0 heterocycles. The van der Waals surface area contributed by atoms with Crippen molar-refractivity contribution in [3.63, 3.8) is 0 Å². The Morgan fingerprint density at radius 2 is 1.82 bits per heavy atom. The lowest BCUT2D eigenvalue weighted by Crippen LogP contribution is -1.78. The highest BCUT2D eigenvalue weighted by Crippen LogP contribution is 2.10. The van der Waals surface area contributed by atoms with Crippen molar-refractivity contribution in [2.75, 3.05) is 0 Å². The largest absolute Gasteiger partial charge is 0.469 e. The minimum atomic E-state index is 0.509. The van der Waals surface area contributed by atoms with E-state index in [1.54, 1.807) is 6.92 Å². The van der Waals surface area contributed by atoms with Crippen LogP contribution in [0.1, 0.15) is 20.8 Å². The minimum Gasteiger partial charge on any atom is -0.469 e. The van der Waals surface area contributed by atoms with Crippen LogP contribution >= 0.6 is 11.6 Å². The number of allylic oxidation sites excluding steroid dienone is 3. The van der Waals surface area contributed by atoms with E-state index in [1.807, 2.05) is 13.8 Å². The van der Waals surface area contributed by atoms with E-state index in [0.29, 0.717) is 10.8 Å². The zero-order valence-corrected chi connectivity index (χ0v) is 8.11. The smallest absolute Gasteiger partial charge is 0.119 e. The highest BCUT2D eigenvalue weighted by molar-refractivity contribution is 6.31. The van der Waals surface area contributed by atoms with Crippen LogP contribution in [-0.2, 0) is 4.74 Å². The lowest BCUT2D eigenvalue weighted by Gasteiger charge is -1.98. The molecule has 0 aliphatic heterocycles. The summed E-state index contributed by atoms with van der Waals surface area (Å²) in [6.45, 7) is 12.6. The minimum absolute atomic E-state index is 0.509. The van der Waals surface area contributed by atoms with E-state index in [9.17, 15) is 0 Å². The van der Waals surface area contributed by atoms with Gasteiger partial charge in [-0.05, 0) is 13.0 Å². The Labute approximate surface area is 74.0 Å². The SMILES string of the molecule is C=CO/C(C)=C(\Cl)C=C.CC. The molecule has 0 atom stereocenters. The van der Waals surface area contributed by atoms with Gasteiger partial charge in [-0.3, -0.25) is 0 Å². The second kappa shape index (κ2) is 9.31. The maximum absolute atomic E-state index is 5.58. The zero-order chi connectivity index (χ0) is 9.28. The zero-order valence-electron chi connectivity index (χ0n) is 7.36. The molecule has 0 aromatic rings. The van der Waals surface area contributed by atoms with Crippen LogP contribution in [0.25, 0.3) is 0 Å². The first-order chi connectivity index (χ1) is 5.22. The molecule has 0 saturated heterocycles. The molecule has 0 aliphatic rings. The molecule has 0 radical (unpaired) electrons. The number of hydrogen-bond acceptors (Lipinski definition) is 1. The van der Waals surface area contributed by atoms with Gasteiger partial charge in [0.25, 0.3) is 0 Å². The van der Waals surface area contributed by atoms with Crippen molar-refractivity contribution in [1.29, 1.82) is 0 Å². The second-order valence-electron chi connectivity index (χ2n) is 1.39. The Morgan fingerprint density at radius 1 is 1.36 bits per heavy atom. The fourth-order valence-electron chi connectivity index (χ4n) is 0.325. The van der Waals surface area contributed by atoms with Crippen LogP contribution in [0.2, 0.25) is 0 Å². The number of hydrogen-bond donors (Lipinski definition) is 0. The van der Waals surface area contributed by atoms with E-state index in [1.165, 1.54) is 12.3 Å². The van der Waals surface area contributed by atoms with Gasteiger partial charge in [-0.15, -0.1) is 0 Å². The molecule has 11 heavy (non-hydrogen) atoms. The summed E-state index contributed by atoms with van der Waals surface area (Å²) < 4.78 is 4.83. The number of rotatable bonds is 3. The number of halogens is 1. The Morgan fingerprint density at radius 3 is 2.09 bits per heavy atom. The molecule has 64 valence electrons. The summed E-state index contributed by atoms with van der Waals surface area (Å²) in [5, 5.41) is 0.509. The highest BCUT2D eigenvalue weighted by atomic mass is 35.5. The first kappa shape index (κ1) is 12.9. The van der Waals surface area contributed by atoms with Crippen LogP contribution in [0.3, 0.4) is 0 Å². The molecule has 2 heteroatoms. The van der Waals surface area contributed by atoms with Crippen molar-refractivity contribution in [1.82, 2.24) is 0 Å². The summed E-state index contributed by atoms with van der Waals surface area (Å²) in [5.74, 6) is 0.613. The van der Waals surface area contributed by atoms with Crippen LogP contribution in [0.4, 0.5) is 0 Å². The van der Waals surface area contributed by atoms with Gasteiger partial charge in [-0.25, -0.2) is 0 Å². The first-order valence-corrected chi connectivity index (χ1v) is 3.86. The van der Waals surface area contributed by atoms with Gasteiger partial charge >= 0.3 is 0 Å². The third-order valence-electron chi connectivity index (χ3n) is 0.776. The van der Waals surface area contributed by atoms with E-state index in [2.05, 4.69) is 13.2 Å². The summed E-state index contributed by atoms with van der Waals surface area (Å²) in [6, 6.07) is 0. The van der Waals surface area contributed by atoms with Crippen LogP contribution in [0, 0.1) is 0 Å². The quantitative estimate of drug-likeness (QED) is 0.467. The fourth-order valence-corrected chi connectivity index (χ4v) is 0.370. The molecular formula is C9H15ClO. The average Bonchev–Trinajstić information content (AvgIpc) is 2.07. The molecule has 0 aliphatic carbocycles. The molecule has 0 unspecified atom stereocenters. The Balaban J connectivity index is 0. The molecule has 0 N–H and O–H groups in total. The molecule has 0 fully saturated rings. The molecule has 0 spiro atoms. The maximum Gasteiger partial charge on any atom is 0.119 e. The van der Waals surface area contributed by atoms with Crippen LogP contribution < -0.4 is 0 Å². The van der Waals surface area contributed by atoms with Crippen LogP contribution in [0.5, 0.6) is 0 Å². The van der Waals surface area contributed by atoms with Gasteiger partial charge in [0.15, 0.2) is 0 Å². The van der Waals surface area contributed by atoms with E-state index in [-0.39, 0.29) is 0 Å². The predicted octanol–water partition coefficient (Wildman–Crippen LogP) is 3.83. The molecule has 1 nitrogen and oxygen atoms in total. The lowest BCUT2D eigenvalue weighted by atomic mass is 10.5. The summed E-state index contributed by atoms with van der Waals surface area (Å²) in [4.78, 5) is 0. The summed E-state index contributed by atoms with van der Waals surface area (Å²) in [7, 11) is 0. The van der Waals surface area contributed by atoms with E-state index < -0.39 is 0 Å². The normalized spacial score (nSPS) is 10.2. The standard InChI is InChI=1S/C7H9ClO.C2H6/c1-4-7(8)6(3)9-5-2;1-2/h4-5H,1-2H2,3H3;1-2H3/b7-6-;. The summed E-state index contributed by atoms with van der Waals surface area (Å²) in [6.07, 6.45) is 2.83. The van der Waals surface area contributed by atoms with Crippen molar-refractivity contribution >= 4 is 11.6 Å². The fraction of sp³-hybridized carbons (Fsp3) is 0.333. The van der Waals surface area contributed by atoms with Crippen LogP contribution in [0.15, 0.2) is 36.3 Å². The highest BCUT2D eigenvalue weighted by Gasteiger charge is 1.91. The van der Waals surface area contributed by atoms with Gasteiger partial charge in [-0.1, -0.05) is 38.6 Å². The van der Waals surface area contributed by atoms with Gasteiger partial charge < -0.3 is 4.74 Å². The molecule has 0 aromatic heterocycles. The summed E-state index contributed by atoms with van der Waals surface area (Å²) >= 11 is 5.58. The van der Waals surface area contributed by atoms with Crippen molar-refractivity contribution in [3.8, 4) is 0 Å². The predicted molar refractivity (Wildman–Crippen MR) is 51.4 cm³/mol. The van der Waals surface area contributed by atoms with Crippen molar-refractivity contribution in [3.05, 3.63) is 36.3 Å². The maximum atomic E-state index is 5.58. The lowest BCUT2D eigenvalue weighted by molar-refractivity contribution is 0.353. The van der Waals surface area contributed by atoms with Crippen molar-refractivity contribution in [2.24, 2.45) is 0 Å². The molecule has 0 rings (SSSR count). The molecular weight excluding hydrogens is 160 g/mol. The molecule has 0 amide bonds. The third-order valence-corrected chi connectivity index (χ3v) is 1.20. The summed E-state index contributed by atoms with van der Waals surface area (Å²) in [5.41, 5.74) is 0. The van der Waals surface area contributed by atoms with Gasteiger partial charge in [0.2, 0.25) is 0 Å². The van der Waals surface area contributed by atoms with Gasteiger partial charge in [0.05, 0.1) is 11.3 Å². The monoisotopic (exact) mass is 174 g/mol. The van der Waals surface area contributed by atoms with Gasteiger partial charge in [0.1, 0.15) is 5.76 Å².